The zero-order valence-electron chi connectivity index (χ0n) is 15.7. The van der Waals surface area contributed by atoms with Gasteiger partial charge in [0, 0.05) is 17.5 Å². The van der Waals surface area contributed by atoms with Crippen molar-refractivity contribution in [3.63, 3.8) is 0 Å². The summed E-state index contributed by atoms with van der Waals surface area (Å²) in [6.45, 7) is 2.15. The lowest BCUT2D eigenvalue weighted by atomic mass is 10.1. The Hall–Kier alpha value is -3.81. The molecular weight excluding hydrogens is 372 g/mol. The summed E-state index contributed by atoms with van der Waals surface area (Å²) in [5.41, 5.74) is 0.646. The first-order valence-electron chi connectivity index (χ1n) is 9.22. The predicted octanol–water partition coefficient (Wildman–Crippen LogP) is 3.21. The first-order chi connectivity index (χ1) is 14.2. The standard InChI is InChI=1S/C21H18N4O4/c1-2-12-25-20(26)16-11-7-6-10-15(16)18(23-25)21(27)28-13-17-22-19(24-29-17)14-8-4-3-5-9-14/h3-11H,2,12-13H2,1H3. The second-order valence-corrected chi connectivity index (χ2v) is 6.38. The van der Waals surface area contributed by atoms with E-state index in [1.807, 2.05) is 37.3 Å². The highest BCUT2D eigenvalue weighted by atomic mass is 16.6. The Morgan fingerprint density at radius 2 is 1.79 bits per heavy atom. The minimum absolute atomic E-state index is 0.0800. The van der Waals surface area contributed by atoms with Gasteiger partial charge in [-0.1, -0.05) is 60.6 Å². The minimum atomic E-state index is -0.662. The Morgan fingerprint density at radius 1 is 1.07 bits per heavy atom. The Labute approximate surface area is 165 Å². The van der Waals surface area contributed by atoms with E-state index in [0.29, 0.717) is 29.6 Å². The fraction of sp³-hybridized carbons (Fsp3) is 0.190. The zero-order chi connectivity index (χ0) is 20.2. The number of carbonyl (C=O) groups excluding carboxylic acids is 1. The minimum Gasteiger partial charge on any atom is -0.451 e. The number of aryl methyl sites for hydroxylation is 1. The predicted molar refractivity (Wildman–Crippen MR) is 105 cm³/mol. The van der Waals surface area contributed by atoms with Crippen molar-refractivity contribution in [1.29, 1.82) is 0 Å². The second-order valence-electron chi connectivity index (χ2n) is 6.38. The van der Waals surface area contributed by atoms with Crippen LogP contribution in [0.25, 0.3) is 22.2 Å². The number of nitrogens with zero attached hydrogens (tertiary/aromatic N) is 4. The molecule has 0 aliphatic carbocycles. The van der Waals surface area contributed by atoms with Crippen LogP contribution in [0.15, 0.2) is 63.9 Å². The molecule has 0 atom stereocenters. The Morgan fingerprint density at radius 3 is 2.55 bits per heavy atom. The molecule has 0 saturated heterocycles. The van der Waals surface area contributed by atoms with E-state index in [1.165, 1.54) is 4.68 Å². The van der Waals surface area contributed by atoms with E-state index in [9.17, 15) is 9.59 Å². The van der Waals surface area contributed by atoms with Gasteiger partial charge >= 0.3 is 5.97 Å². The van der Waals surface area contributed by atoms with Crippen LogP contribution in [0.1, 0.15) is 29.7 Å². The van der Waals surface area contributed by atoms with Crippen molar-refractivity contribution in [1.82, 2.24) is 19.9 Å². The molecule has 0 N–H and O–H groups in total. The van der Waals surface area contributed by atoms with Crippen LogP contribution in [0.3, 0.4) is 0 Å². The van der Waals surface area contributed by atoms with Crippen LogP contribution in [-0.4, -0.2) is 25.9 Å². The highest BCUT2D eigenvalue weighted by Crippen LogP contribution is 2.17. The third-order valence-corrected chi connectivity index (χ3v) is 4.32. The summed E-state index contributed by atoms with van der Waals surface area (Å²) < 4.78 is 11.8. The van der Waals surface area contributed by atoms with Crippen molar-refractivity contribution in [3.8, 4) is 11.4 Å². The molecule has 146 valence electrons. The van der Waals surface area contributed by atoms with Crippen molar-refractivity contribution < 1.29 is 14.1 Å². The zero-order valence-corrected chi connectivity index (χ0v) is 15.7. The molecule has 8 heteroatoms. The van der Waals surface area contributed by atoms with Crippen molar-refractivity contribution in [2.24, 2.45) is 0 Å². The van der Waals surface area contributed by atoms with Gasteiger partial charge in [0.05, 0.1) is 5.39 Å². The quantitative estimate of drug-likeness (QED) is 0.466. The average molecular weight is 390 g/mol. The van der Waals surface area contributed by atoms with Gasteiger partial charge in [-0.05, 0) is 12.5 Å². The summed E-state index contributed by atoms with van der Waals surface area (Å²) in [6, 6.07) is 16.2. The second kappa shape index (κ2) is 8.05. The summed E-state index contributed by atoms with van der Waals surface area (Å²) in [5.74, 6) is -0.0781. The van der Waals surface area contributed by atoms with Crippen molar-refractivity contribution >= 4 is 16.7 Å². The lowest BCUT2D eigenvalue weighted by Crippen LogP contribution is -2.26. The lowest BCUT2D eigenvalue weighted by molar-refractivity contribution is 0.0422. The Kier molecular flexibility index (Phi) is 5.15. The molecule has 2 aromatic heterocycles. The molecule has 0 saturated carbocycles. The normalized spacial score (nSPS) is 10.9. The van der Waals surface area contributed by atoms with Crippen molar-refractivity contribution in [2.75, 3.05) is 0 Å². The topological polar surface area (TPSA) is 100 Å². The monoisotopic (exact) mass is 390 g/mol. The molecule has 0 radical (unpaired) electrons. The van der Waals surface area contributed by atoms with Crippen LogP contribution >= 0.6 is 0 Å². The van der Waals surface area contributed by atoms with E-state index < -0.39 is 5.97 Å². The third-order valence-electron chi connectivity index (χ3n) is 4.32. The molecule has 4 aromatic rings. The van der Waals surface area contributed by atoms with Crippen LogP contribution < -0.4 is 5.56 Å². The maximum absolute atomic E-state index is 12.7. The van der Waals surface area contributed by atoms with Crippen LogP contribution in [0.5, 0.6) is 0 Å². The highest BCUT2D eigenvalue weighted by molar-refractivity contribution is 6.02. The summed E-state index contributed by atoms with van der Waals surface area (Å²) in [7, 11) is 0. The number of aromatic nitrogens is 4. The number of rotatable bonds is 6. The number of esters is 1. The van der Waals surface area contributed by atoms with Gasteiger partial charge in [-0.25, -0.2) is 9.48 Å². The molecule has 0 aliphatic rings. The van der Waals surface area contributed by atoms with E-state index in [-0.39, 0.29) is 23.8 Å². The third kappa shape index (κ3) is 3.77. The summed E-state index contributed by atoms with van der Waals surface area (Å²) in [6.07, 6.45) is 0.712. The van der Waals surface area contributed by atoms with Crippen LogP contribution in [0, 0.1) is 0 Å². The molecule has 29 heavy (non-hydrogen) atoms. The molecule has 0 bridgehead atoms. The summed E-state index contributed by atoms with van der Waals surface area (Å²) in [5, 5.41) is 8.99. The van der Waals surface area contributed by atoms with E-state index >= 15 is 0 Å². The smallest absolute Gasteiger partial charge is 0.359 e. The average Bonchev–Trinajstić information content (AvgIpc) is 3.24. The number of hydrogen-bond donors (Lipinski definition) is 0. The van der Waals surface area contributed by atoms with Crippen LogP contribution in [-0.2, 0) is 17.9 Å². The van der Waals surface area contributed by atoms with Gasteiger partial charge in [0.25, 0.3) is 11.4 Å². The van der Waals surface area contributed by atoms with Crippen LogP contribution in [0.2, 0.25) is 0 Å². The molecule has 2 heterocycles. The van der Waals surface area contributed by atoms with Gasteiger partial charge in [-0.15, -0.1) is 0 Å². The Balaban J connectivity index is 1.58. The number of carbonyl (C=O) groups is 1. The number of fused-ring (bicyclic) bond motifs is 1. The van der Waals surface area contributed by atoms with E-state index in [0.717, 1.165) is 5.56 Å². The fourth-order valence-electron chi connectivity index (χ4n) is 2.96. The molecular formula is C21H18N4O4. The largest absolute Gasteiger partial charge is 0.451 e. The molecule has 0 aliphatic heterocycles. The molecule has 2 aromatic carbocycles. The SMILES string of the molecule is CCCn1nc(C(=O)OCc2nc(-c3ccccc3)no2)c2ccccc2c1=O. The van der Waals surface area contributed by atoms with Gasteiger partial charge in [-0.3, -0.25) is 4.79 Å². The van der Waals surface area contributed by atoms with E-state index in [1.54, 1.807) is 24.3 Å². The van der Waals surface area contributed by atoms with Crippen molar-refractivity contribution in [3.05, 3.63) is 76.5 Å². The van der Waals surface area contributed by atoms with Gasteiger partial charge in [0.1, 0.15) is 0 Å². The maximum Gasteiger partial charge on any atom is 0.359 e. The number of hydrogen-bond acceptors (Lipinski definition) is 7. The summed E-state index contributed by atoms with van der Waals surface area (Å²) in [4.78, 5) is 29.5. The first-order valence-corrected chi connectivity index (χ1v) is 9.22. The van der Waals surface area contributed by atoms with Gasteiger partial charge in [0.2, 0.25) is 5.82 Å². The molecule has 0 amide bonds. The fourth-order valence-corrected chi connectivity index (χ4v) is 2.96. The maximum atomic E-state index is 12.7. The molecule has 0 unspecified atom stereocenters. The van der Waals surface area contributed by atoms with Gasteiger partial charge in [-0.2, -0.15) is 10.1 Å². The van der Waals surface area contributed by atoms with E-state index in [2.05, 4.69) is 15.2 Å². The number of ether oxygens (including phenoxy) is 1. The van der Waals surface area contributed by atoms with Crippen LogP contribution in [0.4, 0.5) is 0 Å². The van der Waals surface area contributed by atoms with E-state index in [4.69, 9.17) is 9.26 Å². The first kappa shape index (κ1) is 18.5. The number of benzene rings is 2. The summed E-state index contributed by atoms with van der Waals surface area (Å²) >= 11 is 0. The highest BCUT2D eigenvalue weighted by Gasteiger charge is 2.19. The molecule has 4 rings (SSSR count). The molecule has 8 nitrogen and oxygen atoms in total. The molecule has 0 fully saturated rings. The lowest BCUT2D eigenvalue weighted by Gasteiger charge is -2.09. The Bertz CT molecular complexity index is 1210. The van der Waals surface area contributed by atoms with Gasteiger partial charge < -0.3 is 9.26 Å². The molecule has 0 spiro atoms. The van der Waals surface area contributed by atoms with Gasteiger partial charge in [0.15, 0.2) is 12.3 Å². The van der Waals surface area contributed by atoms with Crippen molar-refractivity contribution in [2.45, 2.75) is 26.5 Å².